The van der Waals surface area contributed by atoms with Gasteiger partial charge in [0, 0.05) is 25.9 Å². The first-order chi connectivity index (χ1) is 17.7. The Hall–Kier alpha value is -2.62. The third-order valence-corrected chi connectivity index (χ3v) is 8.77. The molecule has 2 saturated heterocycles. The molecule has 2 aromatic carbocycles. The summed E-state index contributed by atoms with van der Waals surface area (Å²) in [5.74, 6) is 0.213. The summed E-state index contributed by atoms with van der Waals surface area (Å²) in [6.45, 7) is 5.89. The molecule has 38 heavy (non-hydrogen) atoms. The van der Waals surface area contributed by atoms with E-state index in [0.717, 1.165) is 63.0 Å². The van der Waals surface area contributed by atoms with Crippen LogP contribution in [0.3, 0.4) is 0 Å². The van der Waals surface area contributed by atoms with Crippen LogP contribution in [0.5, 0.6) is 0 Å². The molecular formula is C28H38ClN3O5S. The van der Waals surface area contributed by atoms with E-state index in [1.807, 2.05) is 35.2 Å². The fraction of sp³-hybridized carbons (Fsp3) is 0.500. The van der Waals surface area contributed by atoms with Crippen molar-refractivity contribution in [1.82, 2.24) is 15.1 Å². The molecular weight excluding hydrogens is 526 g/mol. The first kappa shape index (κ1) is 29.9. The van der Waals surface area contributed by atoms with Crippen LogP contribution in [0.4, 0.5) is 4.79 Å². The van der Waals surface area contributed by atoms with Crippen LogP contribution in [0.25, 0.3) is 0 Å². The van der Waals surface area contributed by atoms with Crippen molar-refractivity contribution in [2.45, 2.75) is 50.1 Å². The molecule has 2 heterocycles. The largest absolute Gasteiger partial charge is 0.450 e. The van der Waals surface area contributed by atoms with Gasteiger partial charge >= 0.3 is 6.09 Å². The predicted octanol–water partition coefficient (Wildman–Crippen LogP) is 4.20. The quantitative estimate of drug-likeness (QED) is 0.491. The third kappa shape index (κ3) is 7.27. The van der Waals surface area contributed by atoms with E-state index in [0.29, 0.717) is 18.0 Å². The number of nitrogens with one attached hydrogen (secondary N) is 1. The van der Waals surface area contributed by atoms with Crippen molar-refractivity contribution in [2.24, 2.45) is 5.41 Å². The summed E-state index contributed by atoms with van der Waals surface area (Å²) in [5.41, 5.74) is 1.69. The van der Waals surface area contributed by atoms with E-state index in [1.54, 1.807) is 31.2 Å². The Kier molecular flexibility index (Phi) is 10.2. The normalized spacial score (nSPS) is 18.2. The van der Waals surface area contributed by atoms with Gasteiger partial charge in [-0.2, -0.15) is 0 Å². The maximum Gasteiger partial charge on any atom is 0.407 e. The predicted molar refractivity (Wildman–Crippen MR) is 149 cm³/mol. The second-order valence-corrected chi connectivity index (χ2v) is 12.1. The zero-order valence-electron chi connectivity index (χ0n) is 22.1. The highest BCUT2D eigenvalue weighted by Crippen LogP contribution is 2.42. The van der Waals surface area contributed by atoms with Gasteiger partial charge in [-0.05, 0) is 69.0 Å². The average molecular weight is 564 g/mol. The molecule has 0 radical (unpaired) electrons. The van der Waals surface area contributed by atoms with Gasteiger partial charge in [0.05, 0.1) is 23.0 Å². The number of hydrogen-bond acceptors (Lipinski definition) is 6. The number of amides is 2. The first-order valence-corrected chi connectivity index (χ1v) is 14.9. The van der Waals surface area contributed by atoms with Crippen molar-refractivity contribution in [3.63, 3.8) is 0 Å². The number of rotatable bonds is 9. The lowest BCUT2D eigenvalue weighted by atomic mass is 9.77. The molecule has 0 aliphatic carbocycles. The number of hydrogen-bond donors (Lipinski definition) is 1. The molecule has 1 N–H and O–H groups in total. The Morgan fingerprint density at radius 1 is 1.03 bits per heavy atom. The molecule has 2 fully saturated rings. The summed E-state index contributed by atoms with van der Waals surface area (Å²) in [4.78, 5) is 30.1. The highest BCUT2D eigenvalue weighted by Gasteiger charge is 2.47. The van der Waals surface area contributed by atoms with E-state index in [-0.39, 0.29) is 29.8 Å². The first-order valence-electron chi connectivity index (χ1n) is 13.0. The number of likely N-dealkylation sites (tertiary alicyclic amines) is 2. The number of carbonyl (C=O) groups is 2. The van der Waals surface area contributed by atoms with Gasteiger partial charge in [-0.1, -0.05) is 42.5 Å². The number of halogens is 1. The SMILES string of the molecule is CCOC(=O)NC(CCN1CCC2(CC1)CCN(Cc1ccc(S(C)(=O)=O)cc1)C2=O)c1ccccc1.Cl. The monoisotopic (exact) mass is 563 g/mol. The third-order valence-electron chi connectivity index (χ3n) is 7.64. The van der Waals surface area contributed by atoms with Gasteiger partial charge in [0.2, 0.25) is 5.91 Å². The van der Waals surface area contributed by atoms with Gasteiger partial charge in [0.15, 0.2) is 9.84 Å². The highest BCUT2D eigenvalue weighted by molar-refractivity contribution is 7.90. The standard InChI is InChI=1S/C28H37N3O5S.ClH/c1-3-36-27(33)29-25(23-7-5-4-6-8-23)13-17-30-18-14-28(15-19-30)16-20-31(26(28)32)21-22-9-11-24(12-10-22)37(2,34)35;/h4-12,25H,3,13-21H2,1-2H3,(H,29,33);1H. The molecule has 0 saturated carbocycles. The number of sulfone groups is 1. The molecule has 2 aliphatic heterocycles. The fourth-order valence-corrected chi connectivity index (χ4v) is 6.04. The van der Waals surface area contributed by atoms with Gasteiger partial charge in [-0.25, -0.2) is 13.2 Å². The van der Waals surface area contributed by atoms with Gasteiger partial charge in [0.25, 0.3) is 0 Å². The van der Waals surface area contributed by atoms with Crippen LogP contribution >= 0.6 is 12.4 Å². The summed E-state index contributed by atoms with van der Waals surface area (Å²) in [5, 5.41) is 2.99. The van der Waals surface area contributed by atoms with Crippen molar-refractivity contribution in [2.75, 3.05) is 39.0 Å². The number of alkyl carbamates (subject to hydrolysis) is 1. The van der Waals surface area contributed by atoms with Crippen LogP contribution in [0.1, 0.15) is 49.8 Å². The van der Waals surface area contributed by atoms with Crippen LogP contribution in [-0.4, -0.2) is 69.3 Å². The second-order valence-electron chi connectivity index (χ2n) is 10.1. The molecule has 10 heteroatoms. The van der Waals surface area contributed by atoms with E-state index in [2.05, 4.69) is 10.2 Å². The number of benzene rings is 2. The van der Waals surface area contributed by atoms with Crippen molar-refractivity contribution in [3.05, 3.63) is 65.7 Å². The number of nitrogens with zero attached hydrogens (tertiary/aromatic N) is 2. The lowest BCUT2D eigenvalue weighted by molar-refractivity contribution is -0.138. The lowest BCUT2D eigenvalue weighted by Gasteiger charge is -2.38. The minimum absolute atomic E-state index is 0. The maximum atomic E-state index is 13.4. The molecule has 0 aromatic heterocycles. The Labute approximate surface area is 232 Å². The Morgan fingerprint density at radius 3 is 2.26 bits per heavy atom. The topological polar surface area (TPSA) is 96.0 Å². The van der Waals surface area contributed by atoms with E-state index in [4.69, 9.17) is 4.74 Å². The minimum Gasteiger partial charge on any atom is -0.450 e. The van der Waals surface area contributed by atoms with E-state index < -0.39 is 15.9 Å². The Morgan fingerprint density at radius 2 is 1.66 bits per heavy atom. The van der Waals surface area contributed by atoms with Crippen molar-refractivity contribution >= 4 is 34.2 Å². The molecule has 2 aliphatic rings. The van der Waals surface area contributed by atoms with Crippen molar-refractivity contribution in [3.8, 4) is 0 Å². The average Bonchev–Trinajstić information content (AvgIpc) is 3.18. The van der Waals surface area contributed by atoms with E-state index in [1.165, 1.54) is 6.26 Å². The Balaban J connectivity index is 0.00000400. The summed E-state index contributed by atoms with van der Waals surface area (Å²) >= 11 is 0. The van der Waals surface area contributed by atoms with Gasteiger partial charge < -0.3 is 19.9 Å². The lowest BCUT2D eigenvalue weighted by Crippen LogP contribution is -2.45. The van der Waals surface area contributed by atoms with Crippen molar-refractivity contribution in [1.29, 1.82) is 0 Å². The molecule has 1 unspecified atom stereocenters. The number of ether oxygens (including phenoxy) is 1. The zero-order valence-corrected chi connectivity index (χ0v) is 23.7. The zero-order chi connectivity index (χ0) is 26.5. The molecule has 2 amide bonds. The molecule has 0 bridgehead atoms. The molecule has 4 rings (SSSR count). The van der Waals surface area contributed by atoms with Crippen LogP contribution < -0.4 is 5.32 Å². The smallest absolute Gasteiger partial charge is 0.407 e. The molecule has 8 nitrogen and oxygen atoms in total. The summed E-state index contributed by atoms with van der Waals surface area (Å²) < 4.78 is 28.5. The maximum absolute atomic E-state index is 13.4. The van der Waals surface area contributed by atoms with E-state index >= 15 is 0 Å². The molecule has 1 atom stereocenters. The summed E-state index contributed by atoms with van der Waals surface area (Å²) in [6, 6.07) is 16.6. The van der Waals surface area contributed by atoms with Crippen LogP contribution in [-0.2, 0) is 25.9 Å². The molecule has 2 aromatic rings. The highest BCUT2D eigenvalue weighted by atomic mass is 35.5. The second kappa shape index (κ2) is 13.0. The number of piperidine rings is 1. The van der Waals surface area contributed by atoms with Crippen LogP contribution in [0.15, 0.2) is 59.5 Å². The van der Waals surface area contributed by atoms with Crippen molar-refractivity contribution < 1.29 is 22.7 Å². The van der Waals surface area contributed by atoms with Crippen LogP contribution in [0.2, 0.25) is 0 Å². The van der Waals surface area contributed by atoms with Gasteiger partial charge in [0.1, 0.15) is 0 Å². The summed E-state index contributed by atoms with van der Waals surface area (Å²) in [6.07, 6.45) is 4.07. The van der Waals surface area contributed by atoms with E-state index in [9.17, 15) is 18.0 Å². The fourth-order valence-electron chi connectivity index (χ4n) is 5.41. The minimum atomic E-state index is -3.23. The van der Waals surface area contributed by atoms with Gasteiger partial charge in [-0.3, -0.25) is 4.79 Å². The number of carbonyl (C=O) groups excluding carboxylic acids is 2. The summed E-state index contributed by atoms with van der Waals surface area (Å²) in [7, 11) is -3.23. The Bertz CT molecular complexity index is 1180. The molecule has 1 spiro atoms. The van der Waals surface area contributed by atoms with Gasteiger partial charge in [-0.15, -0.1) is 12.4 Å². The molecule has 208 valence electrons. The van der Waals surface area contributed by atoms with Crippen LogP contribution in [0, 0.1) is 5.41 Å².